The van der Waals surface area contributed by atoms with Crippen LogP contribution >= 0.6 is 0 Å². The summed E-state index contributed by atoms with van der Waals surface area (Å²) in [5.74, 6) is -0.228. The van der Waals surface area contributed by atoms with E-state index in [0.717, 1.165) is 33.4 Å². The number of carbonyl (C=O) groups is 1. The Labute approximate surface area is 173 Å². The molecule has 0 aliphatic rings. The number of pyridine rings is 2. The van der Waals surface area contributed by atoms with E-state index in [9.17, 15) is 9.90 Å². The molecule has 0 radical (unpaired) electrons. The van der Waals surface area contributed by atoms with E-state index < -0.39 is 12.1 Å². The molecule has 4 rings (SSSR count). The molecule has 0 aliphatic heterocycles. The highest BCUT2D eigenvalue weighted by molar-refractivity contribution is 6.04. The van der Waals surface area contributed by atoms with Gasteiger partial charge in [0.2, 0.25) is 0 Å². The number of rotatable bonds is 9. The van der Waals surface area contributed by atoms with Gasteiger partial charge in [-0.15, -0.1) is 0 Å². The minimum Gasteiger partial charge on any atom is -0.492 e. The molecule has 1 aromatic carbocycles. The Bertz CT molecular complexity index is 1100. The first kappa shape index (κ1) is 19.8. The maximum absolute atomic E-state index is 11.2. The molecule has 7 heteroatoms. The van der Waals surface area contributed by atoms with E-state index in [1.807, 2.05) is 36.4 Å². The molecule has 154 valence electrons. The highest BCUT2D eigenvalue weighted by Crippen LogP contribution is 2.25. The molecule has 1 atom stereocenters. The Morgan fingerprint density at radius 3 is 2.23 bits per heavy atom. The number of aromatic nitrogens is 3. The Morgan fingerprint density at radius 1 is 1.03 bits per heavy atom. The predicted molar refractivity (Wildman–Crippen MR) is 114 cm³/mol. The van der Waals surface area contributed by atoms with Gasteiger partial charge in [-0.05, 0) is 48.9 Å². The second-order valence-corrected chi connectivity index (χ2v) is 6.88. The van der Waals surface area contributed by atoms with Gasteiger partial charge in [0.25, 0.3) is 0 Å². The molecule has 3 heterocycles. The standard InChI is InChI=1S/C23H23N3O4/c1-2-29-20(23(27)28)15-16-7-9-17(10-8-16)30-14-13-26-21-18(5-3-11-24-21)19-6-4-12-25-22(19)26/h3-12,20H,2,13-15H2,1H3,(H,27,28). The highest BCUT2D eigenvalue weighted by Gasteiger charge is 2.18. The van der Waals surface area contributed by atoms with E-state index in [-0.39, 0.29) is 0 Å². The lowest BCUT2D eigenvalue weighted by Crippen LogP contribution is -2.26. The first-order chi connectivity index (χ1) is 14.7. The van der Waals surface area contributed by atoms with Crippen LogP contribution in [0, 0.1) is 0 Å². The van der Waals surface area contributed by atoms with Crippen LogP contribution in [0.3, 0.4) is 0 Å². The van der Waals surface area contributed by atoms with E-state index in [1.54, 1.807) is 19.3 Å². The van der Waals surface area contributed by atoms with Crippen molar-refractivity contribution in [3.63, 3.8) is 0 Å². The van der Waals surface area contributed by atoms with Crippen molar-refractivity contribution in [1.29, 1.82) is 0 Å². The normalized spacial score (nSPS) is 12.3. The summed E-state index contributed by atoms with van der Waals surface area (Å²) in [6.45, 7) is 3.23. The van der Waals surface area contributed by atoms with E-state index in [4.69, 9.17) is 9.47 Å². The molecule has 0 saturated heterocycles. The van der Waals surface area contributed by atoms with Crippen molar-refractivity contribution in [1.82, 2.24) is 14.5 Å². The van der Waals surface area contributed by atoms with E-state index in [2.05, 4.69) is 26.7 Å². The number of carboxylic acid groups (broad SMARTS) is 1. The predicted octanol–water partition coefficient (Wildman–Crippen LogP) is 3.70. The van der Waals surface area contributed by atoms with Gasteiger partial charge in [-0.1, -0.05) is 12.1 Å². The molecule has 1 N–H and O–H groups in total. The molecule has 1 unspecified atom stereocenters. The highest BCUT2D eigenvalue weighted by atomic mass is 16.5. The maximum Gasteiger partial charge on any atom is 0.333 e. The lowest BCUT2D eigenvalue weighted by molar-refractivity contribution is -0.149. The Morgan fingerprint density at radius 2 is 1.67 bits per heavy atom. The molecule has 0 bridgehead atoms. The topological polar surface area (TPSA) is 86.5 Å². The van der Waals surface area contributed by atoms with E-state index in [0.29, 0.717) is 26.2 Å². The third-order valence-corrected chi connectivity index (χ3v) is 4.95. The number of aliphatic carboxylic acids is 1. The maximum atomic E-state index is 11.2. The van der Waals surface area contributed by atoms with Crippen molar-refractivity contribution in [2.75, 3.05) is 13.2 Å². The number of nitrogens with zero attached hydrogens (tertiary/aromatic N) is 3. The number of benzene rings is 1. The molecule has 0 saturated carbocycles. The number of hydrogen-bond acceptors (Lipinski definition) is 5. The summed E-state index contributed by atoms with van der Waals surface area (Å²) in [4.78, 5) is 20.3. The molecule has 0 spiro atoms. The first-order valence-corrected chi connectivity index (χ1v) is 9.91. The third kappa shape index (κ3) is 4.11. The molecular weight excluding hydrogens is 382 g/mol. The molecule has 0 fully saturated rings. The zero-order chi connectivity index (χ0) is 20.9. The van der Waals surface area contributed by atoms with E-state index >= 15 is 0 Å². The summed E-state index contributed by atoms with van der Waals surface area (Å²) in [6.07, 6.45) is 3.05. The Hall–Kier alpha value is -3.45. The van der Waals surface area contributed by atoms with Crippen molar-refractivity contribution >= 4 is 28.0 Å². The second-order valence-electron chi connectivity index (χ2n) is 6.88. The lowest BCUT2D eigenvalue weighted by atomic mass is 10.1. The quantitative estimate of drug-likeness (QED) is 0.457. The largest absolute Gasteiger partial charge is 0.492 e. The fraction of sp³-hybridized carbons (Fsp3) is 0.261. The van der Waals surface area contributed by atoms with Gasteiger partial charge in [0, 0.05) is 36.2 Å². The van der Waals surface area contributed by atoms with Crippen LogP contribution in [0.15, 0.2) is 60.9 Å². The van der Waals surface area contributed by atoms with Crippen LogP contribution < -0.4 is 4.74 Å². The van der Waals surface area contributed by atoms with Crippen molar-refractivity contribution in [2.45, 2.75) is 26.0 Å². The van der Waals surface area contributed by atoms with Gasteiger partial charge in [-0.25, -0.2) is 14.8 Å². The van der Waals surface area contributed by atoms with Gasteiger partial charge >= 0.3 is 5.97 Å². The minimum atomic E-state index is -0.953. The fourth-order valence-corrected chi connectivity index (χ4v) is 3.57. The summed E-state index contributed by atoms with van der Waals surface area (Å²) >= 11 is 0. The molecular formula is C23H23N3O4. The van der Waals surface area contributed by atoms with Gasteiger partial charge in [-0.3, -0.25) is 0 Å². The van der Waals surface area contributed by atoms with Crippen LogP contribution in [0.4, 0.5) is 0 Å². The Balaban J connectivity index is 1.43. The van der Waals surface area contributed by atoms with Crippen LogP contribution in [-0.4, -0.2) is 44.9 Å². The van der Waals surface area contributed by atoms with Crippen LogP contribution in [0.5, 0.6) is 5.75 Å². The van der Waals surface area contributed by atoms with Gasteiger partial charge < -0.3 is 19.1 Å². The smallest absolute Gasteiger partial charge is 0.333 e. The number of hydrogen-bond donors (Lipinski definition) is 1. The van der Waals surface area contributed by atoms with E-state index in [1.165, 1.54) is 0 Å². The van der Waals surface area contributed by atoms with Crippen molar-refractivity contribution in [3.05, 3.63) is 66.5 Å². The average molecular weight is 405 g/mol. The van der Waals surface area contributed by atoms with Crippen LogP contribution in [0.25, 0.3) is 22.1 Å². The van der Waals surface area contributed by atoms with Crippen molar-refractivity contribution in [3.8, 4) is 5.75 Å². The number of ether oxygens (including phenoxy) is 2. The fourth-order valence-electron chi connectivity index (χ4n) is 3.57. The third-order valence-electron chi connectivity index (χ3n) is 4.95. The molecule has 0 amide bonds. The van der Waals surface area contributed by atoms with Gasteiger partial charge in [-0.2, -0.15) is 0 Å². The van der Waals surface area contributed by atoms with Crippen molar-refractivity contribution < 1.29 is 19.4 Å². The lowest BCUT2D eigenvalue weighted by Gasteiger charge is -2.13. The van der Waals surface area contributed by atoms with Crippen LogP contribution in [-0.2, 0) is 22.5 Å². The molecule has 30 heavy (non-hydrogen) atoms. The Kier molecular flexibility index (Phi) is 5.90. The summed E-state index contributed by atoms with van der Waals surface area (Å²) < 4.78 is 13.2. The minimum absolute atomic E-state index is 0.322. The van der Waals surface area contributed by atoms with Crippen LogP contribution in [0.2, 0.25) is 0 Å². The summed E-state index contributed by atoms with van der Waals surface area (Å²) in [6, 6.07) is 15.4. The zero-order valence-electron chi connectivity index (χ0n) is 16.7. The second kappa shape index (κ2) is 8.92. The summed E-state index contributed by atoms with van der Waals surface area (Å²) in [7, 11) is 0. The zero-order valence-corrected chi connectivity index (χ0v) is 16.7. The monoisotopic (exact) mass is 405 g/mol. The molecule has 0 aliphatic carbocycles. The van der Waals surface area contributed by atoms with Crippen molar-refractivity contribution in [2.24, 2.45) is 0 Å². The molecule has 3 aromatic heterocycles. The molecule has 7 nitrogen and oxygen atoms in total. The van der Waals surface area contributed by atoms with Gasteiger partial charge in [0.15, 0.2) is 6.10 Å². The SMILES string of the molecule is CCOC(Cc1ccc(OCCn2c3ncccc3c3cccnc32)cc1)C(=O)O. The first-order valence-electron chi connectivity index (χ1n) is 9.91. The summed E-state index contributed by atoms with van der Waals surface area (Å²) in [5, 5.41) is 11.4. The van der Waals surface area contributed by atoms with Crippen LogP contribution in [0.1, 0.15) is 12.5 Å². The number of fused-ring (bicyclic) bond motifs is 3. The average Bonchev–Trinajstić information content (AvgIpc) is 3.09. The number of carboxylic acids is 1. The van der Waals surface area contributed by atoms with Gasteiger partial charge in [0.1, 0.15) is 23.7 Å². The summed E-state index contributed by atoms with van der Waals surface area (Å²) in [5.41, 5.74) is 2.67. The van der Waals surface area contributed by atoms with Gasteiger partial charge in [0.05, 0.1) is 6.54 Å². The molecule has 4 aromatic rings.